The molecule has 0 aliphatic rings. The van der Waals surface area contributed by atoms with E-state index >= 15 is 0 Å². The molecule has 0 radical (unpaired) electrons. The van der Waals surface area contributed by atoms with E-state index in [4.69, 9.17) is 10.5 Å². The first-order valence-electron chi connectivity index (χ1n) is 6.93. The second-order valence-corrected chi connectivity index (χ2v) is 4.73. The second-order valence-electron chi connectivity index (χ2n) is 4.73. The molecule has 0 atom stereocenters. The second kappa shape index (κ2) is 6.79. The van der Waals surface area contributed by atoms with Crippen LogP contribution in [0, 0.1) is 0 Å². The molecule has 0 amide bonds. The number of carbonyl (C=O) groups is 1. The molecule has 4 heteroatoms. The molecule has 4 nitrogen and oxygen atoms in total. The third kappa shape index (κ3) is 3.34. The lowest BCUT2D eigenvalue weighted by atomic mass is 10.1. The maximum absolute atomic E-state index is 11.7. The predicted octanol–water partition coefficient (Wildman–Crippen LogP) is 3.08. The minimum Gasteiger partial charge on any atom is -0.465 e. The van der Waals surface area contributed by atoms with Crippen LogP contribution in [0.3, 0.4) is 0 Å². The van der Waals surface area contributed by atoms with Crippen LogP contribution in [-0.4, -0.2) is 19.6 Å². The number of benzene rings is 2. The zero-order valence-corrected chi connectivity index (χ0v) is 12.4. The highest BCUT2D eigenvalue weighted by molar-refractivity contribution is 5.98. The number of methoxy groups -OCH3 is 1. The van der Waals surface area contributed by atoms with E-state index < -0.39 is 5.97 Å². The van der Waals surface area contributed by atoms with Crippen LogP contribution in [0.15, 0.2) is 48.5 Å². The number of para-hydroxylation sites is 1. The van der Waals surface area contributed by atoms with E-state index in [1.807, 2.05) is 30.3 Å². The number of esters is 1. The summed E-state index contributed by atoms with van der Waals surface area (Å²) in [6.45, 7) is 3.60. The van der Waals surface area contributed by atoms with Crippen molar-refractivity contribution < 1.29 is 9.53 Å². The van der Waals surface area contributed by atoms with Gasteiger partial charge in [0.1, 0.15) is 0 Å². The Morgan fingerprint density at radius 1 is 1.14 bits per heavy atom. The van der Waals surface area contributed by atoms with Crippen LogP contribution >= 0.6 is 0 Å². The topological polar surface area (TPSA) is 55.6 Å². The summed E-state index contributed by atoms with van der Waals surface area (Å²) in [7, 11) is 1.36. The van der Waals surface area contributed by atoms with Gasteiger partial charge in [-0.05, 0) is 24.6 Å². The standard InChI is InChI=1S/C17H20N2O2/c1-3-19(12-13-8-5-4-6-9-13)15-11-7-10-14(16(15)18)17(20)21-2/h4-11H,3,12,18H2,1-2H3. The van der Waals surface area contributed by atoms with E-state index in [0.29, 0.717) is 11.3 Å². The first-order chi connectivity index (χ1) is 10.2. The summed E-state index contributed by atoms with van der Waals surface area (Å²) in [5, 5.41) is 0. The number of nitrogens with zero attached hydrogens (tertiary/aromatic N) is 1. The van der Waals surface area contributed by atoms with Crippen molar-refractivity contribution in [1.29, 1.82) is 0 Å². The molecule has 0 aliphatic heterocycles. The number of anilines is 2. The number of rotatable bonds is 5. The molecule has 0 bridgehead atoms. The summed E-state index contributed by atoms with van der Waals surface area (Å²) in [4.78, 5) is 13.9. The van der Waals surface area contributed by atoms with Gasteiger partial charge in [-0.1, -0.05) is 36.4 Å². The van der Waals surface area contributed by atoms with Gasteiger partial charge in [0.15, 0.2) is 0 Å². The van der Waals surface area contributed by atoms with Crippen LogP contribution in [0.4, 0.5) is 11.4 Å². The summed E-state index contributed by atoms with van der Waals surface area (Å²) in [5.41, 5.74) is 9.06. The van der Waals surface area contributed by atoms with Crippen molar-refractivity contribution in [2.75, 3.05) is 24.3 Å². The molecule has 110 valence electrons. The Kier molecular flexibility index (Phi) is 4.82. The summed E-state index contributed by atoms with van der Waals surface area (Å²) >= 11 is 0. The van der Waals surface area contributed by atoms with Gasteiger partial charge in [-0.2, -0.15) is 0 Å². The van der Waals surface area contributed by atoms with Crippen molar-refractivity contribution in [2.24, 2.45) is 0 Å². The van der Waals surface area contributed by atoms with E-state index in [1.54, 1.807) is 6.07 Å². The first kappa shape index (κ1) is 14.9. The molecule has 0 unspecified atom stereocenters. The van der Waals surface area contributed by atoms with Gasteiger partial charge in [-0.15, -0.1) is 0 Å². The van der Waals surface area contributed by atoms with Crippen LogP contribution in [0.2, 0.25) is 0 Å². The fourth-order valence-electron chi connectivity index (χ4n) is 2.29. The van der Waals surface area contributed by atoms with Crippen LogP contribution < -0.4 is 10.6 Å². The SMILES string of the molecule is CCN(Cc1ccccc1)c1cccc(C(=O)OC)c1N. The minimum absolute atomic E-state index is 0.404. The summed E-state index contributed by atoms with van der Waals surface area (Å²) in [6, 6.07) is 15.6. The third-order valence-electron chi connectivity index (χ3n) is 3.43. The van der Waals surface area contributed by atoms with Crippen molar-refractivity contribution in [3.8, 4) is 0 Å². The Balaban J connectivity index is 2.32. The number of hydrogen-bond donors (Lipinski definition) is 1. The number of nitrogen functional groups attached to an aromatic ring is 1. The maximum atomic E-state index is 11.7. The normalized spacial score (nSPS) is 10.2. The lowest BCUT2D eigenvalue weighted by molar-refractivity contribution is 0.0602. The molecule has 0 spiro atoms. The highest BCUT2D eigenvalue weighted by atomic mass is 16.5. The summed E-state index contributed by atoms with van der Waals surface area (Å²) in [5.74, 6) is -0.412. The highest BCUT2D eigenvalue weighted by Gasteiger charge is 2.16. The largest absolute Gasteiger partial charge is 0.465 e. The van der Waals surface area contributed by atoms with Gasteiger partial charge in [0, 0.05) is 13.1 Å². The molecule has 0 heterocycles. The molecule has 21 heavy (non-hydrogen) atoms. The van der Waals surface area contributed by atoms with Gasteiger partial charge in [0.2, 0.25) is 0 Å². The minimum atomic E-state index is -0.412. The van der Waals surface area contributed by atoms with Gasteiger partial charge in [0.25, 0.3) is 0 Å². The van der Waals surface area contributed by atoms with Crippen molar-refractivity contribution in [2.45, 2.75) is 13.5 Å². The number of ether oxygens (including phenoxy) is 1. The molecular weight excluding hydrogens is 264 g/mol. The molecule has 2 N–H and O–H groups in total. The van der Waals surface area contributed by atoms with Crippen LogP contribution in [-0.2, 0) is 11.3 Å². The first-order valence-corrected chi connectivity index (χ1v) is 6.93. The lowest BCUT2D eigenvalue weighted by Gasteiger charge is -2.25. The Bertz CT molecular complexity index is 611. The van der Waals surface area contributed by atoms with E-state index in [-0.39, 0.29) is 0 Å². The van der Waals surface area contributed by atoms with E-state index in [9.17, 15) is 4.79 Å². The van der Waals surface area contributed by atoms with Crippen LogP contribution in [0.1, 0.15) is 22.8 Å². The summed E-state index contributed by atoms with van der Waals surface area (Å²) in [6.07, 6.45) is 0. The average Bonchev–Trinajstić information content (AvgIpc) is 2.53. The Morgan fingerprint density at radius 3 is 2.48 bits per heavy atom. The van der Waals surface area contributed by atoms with Gasteiger partial charge >= 0.3 is 5.97 Å². The molecule has 0 saturated carbocycles. The molecule has 0 aromatic heterocycles. The maximum Gasteiger partial charge on any atom is 0.340 e. The molecule has 2 aromatic carbocycles. The van der Waals surface area contributed by atoms with Gasteiger partial charge in [0.05, 0.1) is 24.0 Å². The van der Waals surface area contributed by atoms with Crippen molar-refractivity contribution in [3.63, 3.8) is 0 Å². The molecule has 0 aliphatic carbocycles. The number of carbonyl (C=O) groups excluding carboxylic acids is 1. The smallest absolute Gasteiger partial charge is 0.340 e. The van der Waals surface area contributed by atoms with Crippen molar-refractivity contribution in [3.05, 3.63) is 59.7 Å². The quantitative estimate of drug-likeness (QED) is 0.677. The van der Waals surface area contributed by atoms with E-state index in [0.717, 1.165) is 18.8 Å². The number of hydrogen-bond acceptors (Lipinski definition) is 4. The fourth-order valence-corrected chi connectivity index (χ4v) is 2.29. The Morgan fingerprint density at radius 2 is 1.86 bits per heavy atom. The Labute approximate surface area is 125 Å². The van der Waals surface area contributed by atoms with Gasteiger partial charge in [-0.25, -0.2) is 4.79 Å². The fraction of sp³-hybridized carbons (Fsp3) is 0.235. The molecule has 2 rings (SSSR count). The molecule has 0 saturated heterocycles. The van der Waals surface area contributed by atoms with Crippen LogP contribution in [0.25, 0.3) is 0 Å². The van der Waals surface area contributed by atoms with Gasteiger partial charge < -0.3 is 15.4 Å². The average molecular weight is 284 g/mol. The zero-order valence-electron chi connectivity index (χ0n) is 12.4. The predicted molar refractivity (Wildman–Crippen MR) is 85.4 cm³/mol. The van der Waals surface area contributed by atoms with Crippen LogP contribution in [0.5, 0.6) is 0 Å². The van der Waals surface area contributed by atoms with Crippen molar-refractivity contribution in [1.82, 2.24) is 0 Å². The third-order valence-corrected chi connectivity index (χ3v) is 3.43. The lowest BCUT2D eigenvalue weighted by Crippen LogP contribution is -2.24. The van der Waals surface area contributed by atoms with Gasteiger partial charge in [-0.3, -0.25) is 0 Å². The highest BCUT2D eigenvalue weighted by Crippen LogP contribution is 2.28. The molecule has 0 fully saturated rings. The number of nitrogens with two attached hydrogens (primary N) is 1. The summed E-state index contributed by atoms with van der Waals surface area (Å²) < 4.78 is 4.77. The van der Waals surface area contributed by atoms with E-state index in [2.05, 4.69) is 24.0 Å². The molecular formula is C17H20N2O2. The Hall–Kier alpha value is -2.49. The zero-order chi connectivity index (χ0) is 15.2. The van der Waals surface area contributed by atoms with Crippen molar-refractivity contribution >= 4 is 17.3 Å². The monoisotopic (exact) mass is 284 g/mol. The molecule has 2 aromatic rings. The van der Waals surface area contributed by atoms with E-state index in [1.165, 1.54) is 12.7 Å².